The van der Waals surface area contributed by atoms with Crippen molar-refractivity contribution in [3.05, 3.63) is 130 Å². The van der Waals surface area contributed by atoms with Gasteiger partial charge in [0.15, 0.2) is 0 Å². The number of para-hydroxylation sites is 1. The van der Waals surface area contributed by atoms with Crippen LogP contribution >= 0.6 is 15.9 Å². The number of ether oxygens (including phenoxy) is 1. The van der Waals surface area contributed by atoms with Crippen LogP contribution in [0.1, 0.15) is 40.3 Å². The Balaban J connectivity index is 1.12. The van der Waals surface area contributed by atoms with Crippen molar-refractivity contribution in [3.8, 4) is 5.75 Å². The predicted molar refractivity (Wildman–Crippen MR) is 159 cm³/mol. The van der Waals surface area contributed by atoms with Crippen LogP contribution < -0.4 is 15.4 Å². The molecule has 7 nitrogen and oxygen atoms in total. The number of nitrogens with one attached hydrogen (secondary N) is 2. The lowest BCUT2D eigenvalue weighted by Crippen LogP contribution is -2.28. The lowest BCUT2D eigenvalue weighted by molar-refractivity contribution is -0.121. The average Bonchev–Trinajstić information content (AvgIpc) is 2.98. The fourth-order valence-corrected chi connectivity index (χ4v) is 4.69. The van der Waals surface area contributed by atoms with Gasteiger partial charge in [0.1, 0.15) is 18.1 Å². The highest BCUT2D eigenvalue weighted by molar-refractivity contribution is 9.10. The largest absolute Gasteiger partial charge is 0.487 e. The van der Waals surface area contributed by atoms with E-state index >= 15 is 0 Å². The zero-order valence-corrected chi connectivity index (χ0v) is 23.4. The van der Waals surface area contributed by atoms with E-state index < -0.39 is 0 Å². The summed E-state index contributed by atoms with van der Waals surface area (Å²) >= 11 is 3.52. The third-order valence-corrected chi connectivity index (χ3v) is 7.00. The van der Waals surface area contributed by atoms with Crippen molar-refractivity contribution < 1.29 is 14.3 Å². The lowest BCUT2D eigenvalue weighted by Gasteiger charge is -2.16. The molecule has 0 bridgehead atoms. The molecule has 2 aromatic heterocycles. The molecule has 8 heteroatoms. The summed E-state index contributed by atoms with van der Waals surface area (Å²) < 4.78 is 6.61. The second kappa shape index (κ2) is 12.5. The van der Waals surface area contributed by atoms with Crippen LogP contribution in [0.3, 0.4) is 0 Å². The molecule has 0 spiro atoms. The first-order valence-corrected chi connectivity index (χ1v) is 13.6. The summed E-state index contributed by atoms with van der Waals surface area (Å²) in [7, 11) is 0. The number of fused-ring (bicyclic) bond motifs is 1. The Labute approximate surface area is 240 Å². The van der Waals surface area contributed by atoms with E-state index in [0.717, 1.165) is 27.7 Å². The van der Waals surface area contributed by atoms with Crippen LogP contribution in [0, 0.1) is 0 Å². The molecule has 0 saturated carbocycles. The van der Waals surface area contributed by atoms with Gasteiger partial charge in [0, 0.05) is 16.1 Å². The number of amides is 2. The van der Waals surface area contributed by atoms with Crippen LogP contribution in [-0.4, -0.2) is 21.8 Å². The molecule has 0 aliphatic heterocycles. The van der Waals surface area contributed by atoms with Crippen LogP contribution in [0.25, 0.3) is 10.9 Å². The van der Waals surface area contributed by atoms with Crippen molar-refractivity contribution in [1.29, 1.82) is 0 Å². The molecule has 1 unspecified atom stereocenters. The molecule has 1 atom stereocenters. The highest BCUT2D eigenvalue weighted by Gasteiger charge is 2.14. The van der Waals surface area contributed by atoms with Crippen molar-refractivity contribution in [2.45, 2.75) is 26.0 Å². The molecule has 5 aromatic rings. The van der Waals surface area contributed by atoms with Gasteiger partial charge in [0.2, 0.25) is 5.91 Å². The van der Waals surface area contributed by atoms with Crippen LogP contribution in [0.2, 0.25) is 0 Å². The summed E-state index contributed by atoms with van der Waals surface area (Å²) in [6.07, 6.45) is 1.82. The van der Waals surface area contributed by atoms with Crippen molar-refractivity contribution in [3.63, 3.8) is 0 Å². The maximum atomic E-state index is 12.7. The first-order valence-electron chi connectivity index (χ1n) is 12.8. The normalized spacial score (nSPS) is 11.6. The van der Waals surface area contributed by atoms with Gasteiger partial charge < -0.3 is 15.4 Å². The SMILES string of the molecule is CC(NC(=O)Cc1ccc(OCc2ccc3ccccc3n2)cc1)c1ccc(NC(=O)c2ccccn2)c(Br)c1. The summed E-state index contributed by atoms with van der Waals surface area (Å²) in [4.78, 5) is 33.8. The number of hydrogen-bond acceptors (Lipinski definition) is 5. The zero-order valence-electron chi connectivity index (χ0n) is 21.8. The highest BCUT2D eigenvalue weighted by Crippen LogP contribution is 2.27. The highest BCUT2D eigenvalue weighted by atomic mass is 79.9. The van der Waals surface area contributed by atoms with Crippen molar-refractivity contribution in [2.24, 2.45) is 0 Å². The van der Waals surface area contributed by atoms with Crippen molar-refractivity contribution >= 4 is 44.3 Å². The molecule has 0 fully saturated rings. The maximum Gasteiger partial charge on any atom is 0.274 e. The minimum atomic E-state index is -0.294. The molecule has 0 saturated heterocycles. The monoisotopic (exact) mass is 594 g/mol. The van der Waals surface area contributed by atoms with Crippen molar-refractivity contribution in [1.82, 2.24) is 15.3 Å². The Hall–Kier alpha value is -4.56. The number of anilines is 1. The number of rotatable bonds is 9. The van der Waals surface area contributed by atoms with E-state index in [4.69, 9.17) is 4.74 Å². The molecule has 2 N–H and O–H groups in total. The number of halogens is 1. The Morgan fingerprint density at radius 2 is 1.73 bits per heavy atom. The van der Waals surface area contributed by atoms with E-state index in [2.05, 4.69) is 36.5 Å². The Morgan fingerprint density at radius 3 is 2.50 bits per heavy atom. The predicted octanol–water partition coefficient (Wildman–Crippen LogP) is 6.64. The minimum Gasteiger partial charge on any atom is -0.487 e. The number of carbonyl (C=O) groups excluding carboxylic acids is 2. The first kappa shape index (κ1) is 27.0. The second-order valence-corrected chi connectivity index (χ2v) is 10.2. The molecule has 2 amide bonds. The van der Waals surface area contributed by atoms with E-state index in [1.165, 1.54) is 0 Å². The fraction of sp³-hybridized carbons (Fsp3) is 0.125. The van der Waals surface area contributed by atoms with Gasteiger partial charge in [-0.05, 0) is 82.5 Å². The molecular formula is C32H27BrN4O3. The minimum absolute atomic E-state index is 0.0924. The summed E-state index contributed by atoms with van der Waals surface area (Å²) in [5, 5.41) is 6.98. The van der Waals surface area contributed by atoms with Gasteiger partial charge in [-0.3, -0.25) is 14.6 Å². The van der Waals surface area contributed by atoms with E-state index in [9.17, 15) is 9.59 Å². The molecule has 200 valence electrons. The van der Waals surface area contributed by atoms with Gasteiger partial charge in [0.05, 0.1) is 29.4 Å². The van der Waals surface area contributed by atoms with Gasteiger partial charge in [-0.25, -0.2) is 4.98 Å². The molecule has 5 rings (SSSR count). The van der Waals surface area contributed by atoms with Crippen LogP contribution in [0.5, 0.6) is 5.75 Å². The summed E-state index contributed by atoms with van der Waals surface area (Å²) in [6.45, 7) is 2.28. The molecule has 0 aliphatic rings. The summed E-state index contributed by atoms with van der Waals surface area (Å²) in [6, 6.07) is 30.0. The van der Waals surface area contributed by atoms with Gasteiger partial charge in [-0.1, -0.05) is 48.5 Å². The summed E-state index contributed by atoms with van der Waals surface area (Å²) in [5.74, 6) is 0.329. The molecule has 0 radical (unpaired) electrons. The Morgan fingerprint density at radius 1 is 0.925 bits per heavy atom. The van der Waals surface area contributed by atoms with Gasteiger partial charge in [0.25, 0.3) is 5.91 Å². The molecule has 0 aliphatic carbocycles. The third kappa shape index (κ3) is 6.90. The molecule has 40 heavy (non-hydrogen) atoms. The van der Waals surface area contributed by atoms with Gasteiger partial charge in [-0.2, -0.15) is 0 Å². The number of hydrogen-bond donors (Lipinski definition) is 2. The third-order valence-electron chi connectivity index (χ3n) is 6.35. The van der Waals surface area contributed by atoms with Gasteiger partial charge in [-0.15, -0.1) is 0 Å². The standard InChI is InChI=1S/C32H27BrN4O3/c1-21(24-12-16-29(27(33)19-24)37-32(39)30-8-4-5-17-34-30)35-31(38)18-22-9-14-26(15-10-22)40-20-25-13-11-23-6-2-3-7-28(23)36-25/h2-17,19,21H,18,20H2,1H3,(H,35,38)(H,37,39). The summed E-state index contributed by atoms with van der Waals surface area (Å²) in [5.41, 5.74) is 4.54. The van der Waals surface area contributed by atoms with Crippen LogP contribution in [0.15, 0.2) is 108 Å². The smallest absolute Gasteiger partial charge is 0.274 e. The topological polar surface area (TPSA) is 93.2 Å². The van der Waals surface area contributed by atoms with E-state index in [1.807, 2.05) is 79.7 Å². The number of pyridine rings is 2. The first-order chi connectivity index (χ1) is 19.4. The fourth-order valence-electron chi connectivity index (χ4n) is 4.20. The van der Waals surface area contributed by atoms with E-state index in [0.29, 0.717) is 28.2 Å². The van der Waals surface area contributed by atoms with Crippen LogP contribution in [-0.2, 0) is 17.8 Å². The molecule has 2 heterocycles. The van der Waals surface area contributed by atoms with Crippen molar-refractivity contribution in [2.75, 3.05) is 5.32 Å². The van der Waals surface area contributed by atoms with E-state index in [-0.39, 0.29) is 24.3 Å². The second-order valence-electron chi connectivity index (χ2n) is 9.30. The van der Waals surface area contributed by atoms with E-state index in [1.54, 1.807) is 30.5 Å². The molecular weight excluding hydrogens is 568 g/mol. The van der Waals surface area contributed by atoms with Gasteiger partial charge >= 0.3 is 0 Å². The van der Waals surface area contributed by atoms with Crippen LogP contribution in [0.4, 0.5) is 5.69 Å². The number of carbonyl (C=O) groups is 2. The number of aromatic nitrogens is 2. The number of benzene rings is 3. The lowest BCUT2D eigenvalue weighted by atomic mass is 10.1. The quantitative estimate of drug-likeness (QED) is 0.199. The number of nitrogens with zero attached hydrogens (tertiary/aromatic N) is 2. The maximum absolute atomic E-state index is 12.7. The zero-order chi connectivity index (χ0) is 27.9. The Kier molecular flexibility index (Phi) is 8.47. The Bertz CT molecular complexity index is 1640. The molecule has 3 aromatic carbocycles. The average molecular weight is 595 g/mol.